The van der Waals surface area contributed by atoms with E-state index in [9.17, 15) is 4.79 Å². The fourth-order valence-corrected chi connectivity index (χ4v) is 1.18. The molecule has 0 spiro atoms. The summed E-state index contributed by atoms with van der Waals surface area (Å²) < 4.78 is 5.12. The van der Waals surface area contributed by atoms with Gasteiger partial charge in [0.1, 0.15) is 5.75 Å². The van der Waals surface area contributed by atoms with Crippen molar-refractivity contribution < 1.29 is 9.53 Å². The molecule has 0 heterocycles. The van der Waals surface area contributed by atoms with Crippen molar-refractivity contribution in [1.29, 1.82) is 0 Å². The smallest absolute Gasteiger partial charge is 0.311 e. The molecule has 16 heavy (non-hydrogen) atoms. The molecule has 0 unspecified atom stereocenters. The Morgan fingerprint density at radius 3 is 2.12 bits per heavy atom. The first-order valence-corrected chi connectivity index (χ1v) is 6.06. The molecule has 0 saturated heterocycles. The monoisotopic (exact) mass is 222 g/mol. The Morgan fingerprint density at radius 2 is 1.69 bits per heavy atom. The van der Waals surface area contributed by atoms with Crippen LogP contribution in [0.2, 0.25) is 0 Å². The summed E-state index contributed by atoms with van der Waals surface area (Å²) in [7, 11) is 0. The Bertz CT molecular complexity index is 288. The van der Waals surface area contributed by atoms with E-state index in [1.165, 1.54) is 5.56 Å². The number of hydrogen-bond donors (Lipinski definition) is 0. The van der Waals surface area contributed by atoms with Crippen molar-refractivity contribution in [2.75, 3.05) is 0 Å². The molecule has 0 N–H and O–H groups in total. The predicted octanol–water partition coefficient (Wildman–Crippen LogP) is 3.98. The lowest BCUT2D eigenvalue weighted by molar-refractivity contribution is -0.134. The molecule has 0 atom stereocenters. The zero-order valence-electron chi connectivity index (χ0n) is 10.7. The molecular formula is C14H22O2. The van der Waals surface area contributed by atoms with Gasteiger partial charge < -0.3 is 4.74 Å². The second-order valence-corrected chi connectivity index (χ2v) is 3.22. The van der Waals surface area contributed by atoms with E-state index < -0.39 is 0 Å². The SMILES string of the molecule is CC.CCCC(=O)Oc1ccc(CC)cc1. The number of aryl methyl sites for hydroxylation is 1. The molecule has 0 aliphatic carbocycles. The van der Waals surface area contributed by atoms with Crippen molar-refractivity contribution >= 4 is 5.97 Å². The van der Waals surface area contributed by atoms with Gasteiger partial charge in [0.15, 0.2) is 0 Å². The molecule has 0 fully saturated rings. The Labute approximate surface area is 98.6 Å². The van der Waals surface area contributed by atoms with E-state index >= 15 is 0 Å². The van der Waals surface area contributed by atoms with Gasteiger partial charge in [0, 0.05) is 6.42 Å². The van der Waals surface area contributed by atoms with Crippen LogP contribution in [-0.4, -0.2) is 5.97 Å². The van der Waals surface area contributed by atoms with Crippen LogP contribution in [0.4, 0.5) is 0 Å². The summed E-state index contributed by atoms with van der Waals surface area (Å²) in [6.07, 6.45) is 2.31. The van der Waals surface area contributed by atoms with Gasteiger partial charge in [0.25, 0.3) is 0 Å². The maximum absolute atomic E-state index is 11.1. The van der Waals surface area contributed by atoms with Gasteiger partial charge in [0.2, 0.25) is 0 Å². The van der Waals surface area contributed by atoms with Gasteiger partial charge in [-0.05, 0) is 30.5 Å². The van der Waals surface area contributed by atoms with E-state index in [1.807, 2.05) is 45.0 Å². The highest BCUT2D eigenvalue weighted by molar-refractivity contribution is 5.72. The van der Waals surface area contributed by atoms with Crippen LogP contribution in [0.5, 0.6) is 5.75 Å². The van der Waals surface area contributed by atoms with Gasteiger partial charge in [-0.2, -0.15) is 0 Å². The summed E-state index contributed by atoms with van der Waals surface area (Å²) in [4.78, 5) is 11.1. The Kier molecular flexibility index (Phi) is 8.22. The predicted molar refractivity (Wildman–Crippen MR) is 67.7 cm³/mol. The quantitative estimate of drug-likeness (QED) is 0.569. The van der Waals surface area contributed by atoms with E-state index in [0.717, 1.165) is 12.8 Å². The first-order valence-electron chi connectivity index (χ1n) is 6.06. The Morgan fingerprint density at radius 1 is 1.12 bits per heavy atom. The van der Waals surface area contributed by atoms with Crippen LogP contribution >= 0.6 is 0 Å². The highest BCUT2D eigenvalue weighted by Gasteiger charge is 2.02. The summed E-state index contributed by atoms with van der Waals surface area (Å²) in [6.45, 7) is 8.06. The maximum Gasteiger partial charge on any atom is 0.311 e. The van der Waals surface area contributed by atoms with Crippen LogP contribution in [0.15, 0.2) is 24.3 Å². The van der Waals surface area contributed by atoms with Crippen LogP contribution in [-0.2, 0) is 11.2 Å². The van der Waals surface area contributed by atoms with Crippen molar-refractivity contribution in [2.45, 2.75) is 47.0 Å². The summed E-state index contributed by atoms with van der Waals surface area (Å²) in [6, 6.07) is 7.64. The first-order chi connectivity index (χ1) is 7.76. The molecule has 1 aromatic rings. The zero-order valence-corrected chi connectivity index (χ0v) is 10.7. The molecule has 0 bridgehead atoms. The van der Waals surface area contributed by atoms with Gasteiger partial charge in [-0.25, -0.2) is 0 Å². The fourth-order valence-electron chi connectivity index (χ4n) is 1.18. The number of benzene rings is 1. The number of ether oxygens (including phenoxy) is 1. The largest absolute Gasteiger partial charge is 0.427 e. The summed E-state index contributed by atoms with van der Waals surface area (Å²) in [5.41, 5.74) is 1.25. The van der Waals surface area contributed by atoms with Crippen molar-refractivity contribution in [3.05, 3.63) is 29.8 Å². The molecule has 0 aliphatic rings. The lowest BCUT2D eigenvalue weighted by atomic mass is 10.2. The minimum absolute atomic E-state index is 0.156. The molecule has 0 amide bonds. The number of esters is 1. The molecular weight excluding hydrogens is 200 g/mol. The van der Waals surface area contributed by atoms with Crippen LogP contribution in [0.25, 0.3) is 0 Å². The average Bonchev–Trinajstić information content (AvgIpc) is 2.33. The fraction of sp³-hybridized carbons (Fsp3) is 0.500. The van der Waals surface area contributed by atoms with Crippen molar-refractivity contribution in [3.8, 4) is 5.75 Å². The summed E-state index contributed by atoms with van der Waals surface area (Å²) >= 11 is 0. The van der Waals surface area contributed by atoms with Crippen molar-refractivity contribution in [3.63, 3.8) is 0 Å². The molecule has 1 rings (SSSR count). The highest BCUT2D eigenvalue weighted by atomic mass is 16.5. The summed E-state index contributed by atoms with van der Waals surface area (Å²) in [5.74, 6) is 0.484. The van der Waals surface area contributed by atoms with Gasteiger partial charge >= 0.3 is 5.97 Å². The van der Waals surface area contributed by atoms with E-state index in [2.05, 4.69) is 6.92 Å². The molecule has 0 saturated carbocycles. The molecule has 0 aromatic heterocycles. The van der Waals surface area contributed by atoms with Crippen LogP contribution in [0.1, 0.15) is 46.1 Å². The van der Waals surface area contributed by atoms with E-state index in [0.29, 0.717) is 12.2 Å². The minimum Gasteiger partial charge on any atom is -0.427 e. The van der Waals surface area contributed by atoms with Crippen molar-refractivity contribution in [2.24, 2.45) is 0 Å². The van der Waals surface area contributed by atoms with Gasteiger partial charge in [-0.15, -0.1) is 0 Å². The average molecular weight is 222 g/mol. The lowest BCUT2D eigenvalue weighted by Gasteiger charge is -2.03. The van der Waals surface area contributed by atoms with Crippen molar-refractivity contribution in [1.82, 2.24) is 0 Å². The summed E-state index contributed by atoms with van der Waals surface area (Å²) in [5, 5.41) is 0. The minimum atomic E-state index is -0.156. The third-order valence-electron chi connectivity index (χ3n) is 2.02. The van der Waals surface area contributed by atoms with E-state index in [-0.39, 0.29) is 5.97 Å². The second kappa shape index (κ2) is 8.96. The number of hydrogen-bond acceptors (Lipinski definition) is 2. The number of carbonyl (C=O) groups excluding carboxylic acids is 1. The number of carbonyl (C=O) groups is 1. The third-order valence-corrected chi connectivity index (χ3v) is 2.02. The number of rotatable bonds is 4. The Balaban J connectivity index is 0.00000106. The normalized spacial score (nSPS) is 9.00. The van der Waals surface area contributed by atoms with Gasteiger partial charge in [-0.1, -0.05) is 39.8 Å². The van der Waals surface area contributed by atoms with E-state index in [4.69, 9.17) is 4.74 Å². The molecule has 2 heteroatoms. The standard InChI is InChI=1S/C12H16O2.C2H6/c1-3-5-12(13)14-11-8-6-10(4-2)7-9-11;1-2/h6-9H,3-5H2,1-2H3;1-2H3. The molecule has 0 radical (unpaired) electrons. The van der Waals surface area contributed by atoms with Crippen LogP contribution in [0.3, 0.4) is 0 Å². The van der Waals surface area contributed by atoms with Gasteiger partial charge in [0.05, 0.1) is 0 Å². The molecule has 90 valence electrons. The molecule has 0 aliphatic heterocycles. The van der Waals surface area contributed by atoms with Crippen LogP contribution in [0, 0.1) is 0 Å². The Hall–Kier alpha value is -1.31. The third kappa shape index (κ3) is 5.54. The van der Waals surface area contributed by atoms with E-state index in [1.54, 1.807) is 0 Å². The van der Waals surface area contributed by atoms with Gasteiger partial charge in [-0.3, -0.25) is 4.79 Å². The molecule has 2 nitrogen and oxygen atoms in total. The highest BCUT2D eigenvalue weighted by Crippen LogP contribution is 2.13. The first kappa shape index (κ1) is 14.7. The zero-order chi connectivity index (χ0) is 12.4. The van der Waals surface area contributed by atoms with Crippen LogP contribution < -0.4 is 4.74 Å². The maximum atomic E-state index is 11.1. The molecule has 1 aromatic carbocycles. The lowest BCUT2D eigenvalue weighted by Crippen LogP contribution is -2.06. The topological polar surface area (TPSA) is 26.3 Å². The second-order valence-electron chi connectivity index (χ2n) is 3.22.